The molecule has 1 heterocycles. The Morgan fingerprint density at radius 2 is 1.79 bits per heavy atom. The minimum Gasteiger partial charge on any atom is -0.324 e. The minimum atomic E-state index is -3.80. The fourth-order valence-electron chi connectivity index (χ4n) is 3.55. The first kappa shape index (κ1) is 23.3. The number of nitrogens with zero attached hydrogens (tertiary/aromatic N) is 2. The van der Waals surface area contributed by atoms with Crippen LogP contribution in [0, 0.1) is 6.92 Å². The second kappa shape index (κ2) is 9.55. The average Bonchev–Trinajstić information content (AvgIpc) is 3.09. The van der Waals surface area contributed by atoms with Crippen molar-refractivity contribution >= 4 is 50.2 Å². The largest absolute Gasteiger partial charge is 0.324 e. The van der Waals surface area contributed by atoms with Gasteiger partial charge in [0.2, 0.25) is 10.0 Å². The van der Waals surface area contributed by atoms with Gasteiger partial charge in [0.1, 0.15) is 5.82 Å². The molecule has 1 amide bonds. The number of benzene rings is 3. The highest BCUT2D eigenvalue weighted by Gasteiger charge is 2.18. The van der Waals surface area contributed by atoms with Crippen LogP contribution in [0.5, 0.6) is 0 Å². The standard InChI is InChI=1S/C24H21Cl2N3O3S/c1-16-27-22-10-8-18(13-23(22)29(16)15-19-7-9-20(25)14-21(19)26)24(30)28-33(31,32)12-11-17-5-3-2-4-6-17/h2-10,13-14H,11-12,15H2,1H3,(H,28,30). The Hall–Kier alpha value is -2.87. The van der Waals surface area contributed by atoms with Gasteiger partial charge in [-0.25, -0.2) is 18.1 Å². The maximum Gasteiger partial charge on any atom is 0.264 e. The minimum absolute atomic E-state index is 0.183. The molecule has 0 fully saturated rings. The Kier molecular flexibility index (Phi) is 6.74. The van der Waals surface area contributed by atoms with Crippen LogP contribution in [0.4, 0.5) is 0 Å². The second-order valence-electron chi connectivity index (χ2n) is 7.67. The highest BCUT2D eigenvalue weighted by Crippen LogP contribution is 2.25. The molecule has 0 aliphatic heterocycles. The van der Waals surface area contributed by atoms with E-state index in [9.17, 15) is 13.2 Å². The number of aryl methyl sites for hydroxylation is 2. The van der Waals surface area contributed by atoms with Gasteiger partial charge in [-0.15, -0.1) is 0 Å². The van der Waals surface area contributed by atoms with Gasteiger partial charge < -0.3 is 4.57 Å². The van der Waals surface area contributed by atoms with Crippen molar-refractivity contribution in [3.05, 3.63) is 99.3 Å². The summed E-state index contributed by atoms with van der Waals surface area (Å²) in [6, 6.07) is 19.4. The van der Waals surface area contributed by atoms with Gasteiger partial charge in [0.05, 0.1) is 23.3 Å². The SMILES string of the molecule is Cc1nc2ccc(C(=O)NS(=O)(=O)CCc3ccccc3)cc2n1Cc1ccc(Cl)cc1Cl. The molecule has 170 valence electrons. The topological polar surface area (TPSA) is 81.1 Å². The molecule has 4 aromatic rings. The van der Waals surface area contributed by atoms with Crippen molar-refractivity contribution in [3.63, 3.8) is 0 Å². The molecule has 0 atom stereocenters. The number of imidazole rings is 1. The Balaban J connectivity index is 1.55. The number of carbonyl (C=O) groups excluding carboxylic acids is 1. The van der Waals surface area contributed by atoms with Crippen LogP contribution < -0.4 is 4.72 Å². The number of nitrogens with one attached hydrogen (secondary N) is 1. The summed E-state index contributed by atoms with van der Waals surface area (Å²) < 4.78 is 29.0. The molecule has 0 spiro atoms. The summed E-state index contributed by atoms with van der Waals surface area (Å²) in [6.07, 6.45) is 0.316. The average molecular weight is 502 g/mol. The maximum atomic E-state index is 12.7. The summed E-state index contributed by atoms with van der Waals surface area (Å²) in [7, 11) is -3.80. The molecule has 0 saturated heterocycles. The fourth-order valence-corrected chi connectivity index (χ4v) is 5.03. The van der Waals surface area contributed by atoms with Crippen LogP contribution in [0.25, 0.3) is 11.0 Å². The summed E-state index contributed by atoms with van der Waals surface area (Å²) >= 11 is 12.3. The zero-order chi connectivity index (χ0) is 23.6. The number of rotatable bonds is 7. The van der Waals surface area contributed by atoms with Crippen molar-refractivity contribution < 1.29 is 13.2 Å². The number of amides is 1. The first-order valence-electron chi connectivity index (χ1n) is 10.2. The zero-order valence-corrected chi connectivity index (χ0v) is 20.1. The second-order valence-corrected chi connectivity index (χ2v) is 10.4. The molecule has 33 heavy (non-hydrogen) atoms. The quantitative estimate of drug-likeness (QED) is 0.386. The van der Waals surface area contributed by atoms with Gasteiger partial charge in [0, 0.05) is 15.6 Å². The van der Waals surface area contributed by atoms with E-state index >= 15 is 0 Å². The van der Waals surface area contributed by atoms with E-state index in [2.05, 4.69) is 9.71 Å². The Morgan fingerprint density at radius 1 is 1.03 bits per heavy atom. The Bertz CT molecular complexity index is 1430. The third-order valence-electron chi connectivity index (χ3n) is 5.30. The highest BCUT2D eigenvalue weighted by molar-refractivity contribution is 7.90. The molecule has 0 bridgehead atoms. The van der Waals surface area contributed by atoms with Crippen molar-refractivity contribution in [1.29, 1.82) is 0 Å². The van der Waals surface area contributed by atoms with Crippen molar-refractivity contribution in [1.82, 2.24) is 14.3 Å². The van der Waals surface area contributed by atoms with E-state index in [1.807, 2.05) is 47.9 Å². The molecule has 0 aliphatic carbocycles. The Morgan fingerprint density at radius 3 is 2.52 bits per heavy atom. The van der Waals surface area contributed by atoms with Gasteiger partial charge in [-0.2, -0.15) is 0 Å². The van der Waals surface area contributed by atoms with Crippen molar-refractivity contribution in [2.75, 3.05) is 5.75 Å². The van der Waals surface area contributed by atoms with E-state index < -0.39 is 15.9 Å². The van der Waals surface area contributed by atoms with E-state index in [0.717, 1.165) is 17.0 Å². The number of hydrogen-bond acceptors (Lipinski definition) is 4. The van der Waals surface area contributed by atoms with Gasteiger partial charge >= 0.3 is 0 Å². The monoisotopic (exact) mass is 501 g/mol. The molecule has 1 N–H and O–H groups in total. The number of aromatic nitrogens is 2. The van der Waals surface area contributed by atoms with Gasteiger partial charge in [0.15, 0.2) is 0 Å². The van der Waals surface area contributed by atoms with E-state index in [1.165, 1.54) is 0 Å². The van der Waals surface area contributed by atoms with Gasteiger partial charge in [-0.05, 0) is 54.8 Å². The predicted molar refractivity (Wildman–Crippen MR) is 131 cm³/mol. The normalized spacial score (nSPS) is 11.6. The van der Waals surface area contributed by atoms with Crippen LogP contribution in [0.1, 0.15) is 27.3 Å². The lowest BCUT2D eigenvalue weighted by Crippen LogP contribution is -2.33. The molecule has 0 radical (unpaired) electrons. The number of sulfonamides is 1. The first-order valence-corrected chi connectivity index (χ1v) is 12.6. The van der Waals surface area contributed by atoms with E-state index in [0.29, 0.717) is 34.0 Å². The predicted octanol–water partition coefficient (Wildman–Crippen LogP) is 5.00. The van der Waals surface area contributed by atoms with E-state index in [4.69, 9.17) is 23.2 Å². The third kappa shape index (κ3) is 5.55. The van der Waals surface area contributed by atoms with Crippen LogP contribution in [-0.4, -0.2) is 29.6 Å². The van der Waals surface area contributed by atoms with Crippen LogP contribution in [0.2, 0.25) is 10.0 Å². The maximum absolute atomic E-state index is 12.7. The molecule has 1 aromatic heterocycles. The van der Waals surface area contributed by atoms with Crippen LogP contribution in [0.15, 0.2) is 66.7 Å². The molecule has 9 heteroatoms. The van der Waals surface area contributed by atoms with Crippen LogP contribution >= 0.6 is 23.2 Å². The molecular formula is C24H21Cl2N3O3S. The van der Waals surface area contributed by atoms with Gasteiger partial charge in [0.25, 0.3) is 5.91 Å². The molecule has 0 aliphatic rings. The molecule has 6 nitrogen and oxygen atoms in total. The number of hydrogen-bond donors (Lipinski definition) is 1. The summed E-state index contributed by atoms with van der Waals surface area (Å²) in [5.41, 5.74) is 3.36. The summed E-state index contributed by atoms with van der Waals surface area (Å²) in [5.74, 6) is -0.124. The van der Waals surface area contributed by atoms with Crippen LogP contribution in [0.3, 0.4) is 0 Å². The first-order chi connectivity index (χ1) is 15.7. The van der Waals surface area contributed by atoms with Crippen molar-refractivity contribution in [3.8, 4) is 0 Å². The van der Waals surface area contributed by atoms with E-state index in [1.54, 1.807) is 30.3 Å². The lowest BCUT2D eigenvalue weighted by Gasteiger charge is -2.10. The third-order valence-corrected chi connectivity index (χ3v) is 7.12. The number of halogens is 2. The number of fused-ring (bicyclic) bond motifs is 1. The smallest absolute Gasteiger partial charge is 0.264 e. The Labute approximate surface area is 202 Å². The summed E-state index contributed by atoms with van der Waals surface area (Å²) in [5, 5.41) is 1.07. The van der Waals surface area contributed by atoms with Crippen molar-refractivity contribution in [2.45, 2.75) is 19.9 Å². The zero-order valence-electron chi connectivity index (χ0n) is 17.8. The molecule has 4 rings (SSSR count). The van der Waals surface area contributed by atoms with Gasteiger partial charge in [-0.1, -0.05) is 59.6 Å². The molecule has 3 aromatic carbocycles. The molecule has 0 unspecified atom stereocenters. The molecular weight excluding hydrogens is 481 g/mol. The lowest BCUT2D eigenvalue weighted by atomic mass is 10.2. The highest BCUT2D eigenvalue weighted by atomic mass is 35.5. The summed E-state index contributed by atoms with van der Waals surface area (Å²) in [4.78, 5) is 17.3. The number of carbonyl (C=O) groups is 1. The van der Waals surface area contributed by atoms with Gasteiger partial charge in [-0.3, -0.25) is 4.79 Å². The lowest BCUT2D eigenvalue weighted by molar-refractivity contribution is 0.0981. The molecule has 0 saturated carbocycles. The van der Waals surface area contributed by atoms with Crippen LogP contribution in [-0.2, 0) is 23.0 Å². The fraction of sp³-hybridized carbons (Fsp3) is 0.167. The van der Waals surface area contributed by atoms with E-state index in [-0.39, 0.29) is 11.3 Å². The summed E-state index contributed by atoms with van der Waals surface area (Å²) in [6.45, 7) is 2.29. The van der Waals surface area contributed by atoms with Crippen molar-refractivity contribution in [2.24, 2.45) is 0 Å².